The molecule has 0 fully saturated rings. The van der Waals surface area contributed by atoms with Crippen LogP contribution in [0.3, 0.4) is 0 Å². The van der Waals surface area contributed by atoms with Crippen molar-refractivity contribution in [3.05, 3.63) is 59.4 Å². The number of nitrogens with zero attached hydrogens (tertiary/aromatic N) is 1. The Morgan fingerprint density at radius 3 is 2.54 bits per heavy atom. The topological polar surface area (TPSA) is 35.3 Å². The molecule has 1 unspecified atom stereocenters. The third kappa shape index (κ3) is 3.58. The molecule has 3 aromatic rings. The largest absolute Gasteiger partial charge is 0.491 e. The van der Waals surface area contributed by atoms with Gasteiger partial charge in [0, 0.05) is 11.1 Å². The molecule has 0 N–H and O–H groups in total. The Balaban J connectivity index is 1.59. The highest BCUT2D eigenvalue weighted by Gasteiger charge is 2.25. The van der Waals surface area contributed by atoms with Gasteiger partial charge in [-0.2, -0.15) is 0 Å². The Kier molecular flexibility index (Phi) is 5.01. The predicted molar refractivity (Wildman–Crippen MR) is 114 cm³/mol. The van der Waals surface area contributed by atoms with Crippen molar-refractivity contribution in [3.63, 3.8) is 0 Å². The van der Waals surface area contributed by atoms with Crippen molar-refractivity contribution in [3.8, 4) is 28.5 Å². The van der Waals surface area contributed by atoms with Gasteiger partial charge in [0.1, 0.15) is 17.7 Å². The molecular formula is C25H29NO2. The first kappa shape index (κ1) is 18.8. The maximum absolute atomic E-state index is 5.83. The van der Waals surface area contributed by atoms with Crippen molar-refractivity contribution in [1.82, 2.24) is 4.98 Å². The van der Waals surface area contributed by atoms with Gasteiger partial charge in [-0.15, -0.1) is 0 Å². The van der Waals surface area contributed by atoms with Crippen LogP contribution in [0.4, 0.5) is 0 Å². The van der Waals surface area contributed by atoms with Gasteiger partial charge in [0.15, 0.2) is 0 Å². The van der Waals surface area contributed by atoms with E-state index in [1.54, 1.807) is 6.26 Å². The van der Waals surface area contributed by atoms with Gasteiger partial charge < -0.3 is 9.15 Å². The van der Waals surface area contributed by atoms with Crippen LogP contribution in [0.2, 0.25) is 0 Å². The molecule has 0 saturated heterocycles. The van der Waals surface area contributed by atoms with Gasteiger partial charge in [0.25, 0.3) is 0 Å². The lowest BCUT2D eigenvalue weighted by atomic mass is 9.89. The maximum Gasteiger partial charge on any atom is 0.226 e. The van der Waals surface area contributed by atoms with E-state index >= 15 is 0 Å². The van der Waals surface area contributed by atoms with Crippen molar-refractivity contribution in [2.24, 2.45) is 5.92 Å². The minimum absolute atomic E-state index is 0.160. The van der Waals surface area contributed by atoms with Gasteiger partial charge >= 0.3 is 0 Å². The molecule has 2 aromatic carbocycles. The molecular weight excluding hydrogens is 346 g/mol. The molecule has 3 heteroatoms. The van der Waals surface area contributed by atoms with Crippen molar-refractivity contribution in [1.29, 1.82) is 0 Å². The van der Waals surface area contributed by atoms with E-state index in [2.05, 4.69) is 45.0 Å². The summed E-state index contributed by atoms with van der Waals surface area (Å²) in [5.74, 6) is 2.93. The second-order valence-corrected chi connectivity index (χ2v) is 8.49. The van der Waals surface area contributed by atoms with E-state index in [1.807, 2.05) is 26.0 Å². The number of fused-ring (bicyclic) bond motifs is 1. The van der Waals surface area contributed by atoms with Gasteiger partial charge in [-0.3, -0.25) is 0 Å². The zero-order valence-electron chi connectivity index (χ0n) is 17.5. The molecule has 0 bridgehead atoms. The zero-order valence-corrected chi connectivity index (χ0v) is 17.5. The van der Waals surface area contributed by atoms with E-state index in [0.29, 0.717) is 17.7 Å². The SMILES string of the molecule is Cc1cc(-c2nc(-c3ccc4c(c3)CCC4C(C)C)co2)ccc1OC(C)C. The summed E-state index contributed by atoms with van der Waals surface area (Å²) in [7, 11) is 0. The van der Waals surface area contributed by atoms with Gasteiger partial charge in [0.05, 0.1) is 6.10 Å². The molecule has 0 saturated carbocycles. The lowest BCUT2D eigenvalue weighted by Crippen LogP contribution is -2.06. The monoisotopic (exact) mass is 375 g/mol. The lowest BCUT2D eigenvalue weighted by molar-refractivity contribution is 0.241. The van der Waals surface area contributed by atoms with E-state index in [4.69, 9.17) is 14.1 Å². The number of rotatable bonds is 5. The third-order valence-electron chi connectivity index (χ3n) is 5.66. The Labute approximate surface area is 167 Å². The second-order valence-electron chi connectivity index (χ2n) is 8.49. The molecule has 4 rings (SSSR count). The fraction of sp³-hybridized carbons (Fsp3) is 0.400. The molecule has 3 nitrogen and oxygen atoms in total. The van der Waals surface area contributed by atoms with Crippen LogP contribution < -0.4 is 4.74 Å². The molecule has 1 aromatic heterocycles. The average Bonchev–Trinajstić information content (AvgIpc) is 3.29. The molecule has 0 radical (unpaired) electrons. The summed E-state index contributed by atoms with van der Waals surface area (Å²) < 4.78 is 11.6. The first-order valence-corrected chi connectivity index (χ1v) is 10.3. The first-order chi connectivity index (χ1) is 13.4. The van der Waals surface area contributed by atoms with Crippen LogP contribution in [0.5, 0.6) is 5.75 Å². The predicted octanol–water partition coefficient (Wildman–Crippen LogP) is 6.79. The van der Waals surface area contributed by atoms with Crippen LogP contribution in [-0.2, 0) is 6.42 Å². The van der Waals surface area contributed by atoms with Crippen LogP contribution in [-0.4, -0.2) is 11.1 Å². The highest BCUT2D eigenvalue weighted by molar-refractivity contribution is 5.65. The Bertz CT molecular complexity index is 984. The summed E-state index contributed by atoms with van der Waals surface area (Å²) in [6, 6.07) is 12.9. The smallest absolute Gasteiger partial charge is 0.226 e. The molecule has 1 aliphatic carbocycles. The molecule has 0 amide bonds. The molecule has 1 aliphatic rings. The van der Waals surface area contributed by atoms with Gasteiger partial charge in [0.2, 0.25) is 5.89 Å². The quantitative estimate of drug-likeness (QED) is 0.492. The summed E-state index contributed by atoms with van der Waals surface area (Å²) in [6.45, 7) is 10.8. The van der Waals surface area contributed by atoms with Crippen LogP contribution >= 0.6 is 0 Å². The summed E-state index contributed by atoms with van der Waals surface area (Å²) >= 11 is 0. The lowest BCUT2D eigenvalue weighted by Gasteiger charge is -2.15. The van der Waals surface area contributed by atoms with Crippen molar-refractivity contribution in [2.45, 2.75) is 59.5 Å². The van der Waals surface area contributed by atoms with Crippen molar-refractivity contribution < 1.29 is 9.15 Å². The fourth-order valence-electron chi connectivity index (χ4n) is 4.21. The molecule has 0 aliphatic heterocycles. The number of hydrogen-bond donors (Lipinski definition) is 0. The Morgan fingerprint density at radius 2 is 1.82 bits per heavy atom. The molecule has 1 atom stereocenters. The second kappa shape index (κ2) is 7.46. The number of oxazole rings is 1. The number of hydrogen-bond acceptors (Lipinski definition) is 3. The summed E-state index contributed by atoms with van der Waals surface area (Å²) in [6.07, 6.45) is 4.34. The van der Waals surface area contributed by atoms with E-state index in [9.17, 15) is 0 Å². The minimum atomic E-state index is 0.160. The number of ether oxygens (including phenoxy) is 1. The van der Waals surface area contributed by atoms with E-state index < -0.39 is 0 Å². The fourth-order valence-corrected chi connectivity index (χ4v) is 4.21. The summed E-state index contributed by atoms with van der Waals surface area (Å²) in [5.41, 5.74) is 7.07. The Morgan fingerprint density at radius 1 is 1.04 bits per heavy atom. The number of benzene rings is 2. The van der Waals surface area contributed by atoms with Crippen molar-refractivity contribution >= 4 is 0 Å². The zero-order chi connectivity index (χ0) is 19.8. The molecule has 1 heterocycles. The average molecular weight is 376 g/mol. The van der Waals surface area contributed by atoms with E-state index in [-0.39, 0.29) is 6.10 Å². The van der Waals surface area contributed by atoms with E-state index in [0.717, 1.165) is 34.6 Å². The number of aryl methyl sites for hydroxylation is 2. The van der Waals surface area contributed by atoms with Gasteiger partial charge in [-0.1, -0.05) is 26.0 Å². The van der Waals surface area contributed by atoms with Gasteiger partial charge in [-0.05, 0) is 86.4 Å². The van der Waals surface area contributed by atoms with Crippen LogP contribution in [0, 0.1) is 12.8 Å². The van der Waals surface area contributed by atoms with Crippen molar-refractivity contribution in [2.75, 3.05) is 0 Å². The van der Waals surface area contributed by atoms with E-state index in [1.165, 1.54) is 17.5 Å². The summed E-state index contributed by atoms with van der Waals surface area (Å²) in [5, 5.41) is 0. The maximum atomic E-state index is 5.83. The normalized spacial score (nSPS) is 16.0. The van der Waals surface area contributed by atoms with Crippen LogP contribution in [0.25, 0.3) is 22.7 Å². The molecule has 0 spiro atoms. The Hall–Kier alpha value is -2.55. The minimum Gasteiger partial charge on any atom is -0.491 e. The van der Waals surface area contributed by atoms with Gasteiger partial charge in [-0.25, -0.2) is 4.98 Å². The summed E-state index contributed by atoms with van der Waals surface area (Å²) in [4.78, 5) is 4.75. The van der Waals surface area contributed by atoms with Crippen LogP contribution in [0.1, 0.15) is 56.7 Å². The number of aromatic nitrogens is 1. The highest BCUT2D eigenvalue weighted by Crippen LogP contribution is 2.40. The van der Waals surface area contributed by atoms with Crippen LogP contribution in [0.15, 0.2) is 47.1 Å². The highest BCUT2D eigenvalue weighted by atomic mass is 16.5. The first-order valence-electron chi connectivity index (χ1n) is 10.3. The molecule has 28 heavy (non-hydrogen) atoms. The standard InChI is InChI=1S/C25H29NO2/c1-15(2)21-9-6-18-13-19(7-10-22(18)21)23-14-27-25(26-23)20-8-11-24(17(5)12-20)28-16(3)4/h7-8,10-16,21H,6,9H2,1-5H3. The molecule has 146 valence electrons. The third-order valence-corrected chi connectivity index (χ3v) is 5.66.